The molecule has 1 heterocycles. The molecule has 0 radical (unpaired) electrons. The summed E-state index contributed by atoms with van der Waals surface area (Å²) < 4.78 is 5.62. The molecule has 118 valence electrons. The van der Waals surface area contributed by atoms with Gasteiger partial charge in [0.25, 0.3) is 0 Å². The third kappa shape index (κ3) is 2.95. The van der Waals surface area contributed by atoms with E-state index in [9.17, 15) is 0 Å². The molecule has 1 aromatic carbocycles. The Morgan fingerprint density at radius 2 is 1.81 bits per heavy atom. The molecule has 21 heavy (non-hydrogen) atoms. The van der Waals surface area contributed by atoms with Crippen LogP contribution in [0.25, 0.3) is 0 Å². The molecule has 0 aliphatic carbocycles. The second-order valence-electron chi connectivity index (χ2n) is 5.97. The molecule has 3 heteroatoms. The number of nitrogens with zero attached hydrogens (tertiary/aromatic N) is 1. The van der Waals surface area contributed by atoms with Gasteiger partial charge in [-0.15, -0.1) is 0 Å². The second kappa shape index (κ2) is 7.28. The summed E-state index contributed by atoms with van der Waals surface area (Å²) in [6, 6.07) is 8.73. The molecule has 2 rings (SSSR count). The van der Waals surface area contributed by atoms with Crippen molar-refractivity contribution in [2.45, 2.75) is 51.1 Å². The van der Waals surface area contributed by atoms with Gasteiger partial charge in [-0.1, -0.05) is 32.0 Å². The van der Waals surface area contributed by atoms with Crippen LogP contribution in [0.15, 0.2) is 24.3 Å². The second-order valence-corrected chi connectivity index (χ2v) is 5.97. The predicted molar refractivity (Wildman–Crippen MR) is 88.9 cm³/mol. The molecule has 0 saturated carbocycles. The maximum Gasteiger partial charge on any atom is 0.123 e. The maximum absolute atomic E-state index is 5.62. The van der Waals surface area contributed by atoms with E-state index in [0.29, 0.717) is 6.04 Å². The van der Waals surface area contributed by atoms with Gasteiger partial charge in [-0.2, -0.15) is 0 Å². The van der Waals surface area contributed by atoms with Gasteiger partial charge in [0.15, 0.2) is 0 Å². The van der Waals surface area contributed by atoms with Crippen LogP contribution in [0.4, 0.5) is 0 Å². The van der Waals surface area contributed by atoms with E-state index in [2.05, 4.69) is 49.3 Å². The first-order valence-electron chi connectivity index (χ1n) is 8.28. The fourth-order valence-corrected chi connectivity index (χ4v) is 4.07. The minimum absolute atomic E-state index is 0.167. The lowest BCUT2D eigenvalue weighted by atomic mass is 9.79. The lowest BCUT2D eigenvalue weighted by molar-refractivity contribution is 0.0637. The van der Waals surface area contributed by atoms with Crippen LogP contribution in [-0.2, 0) is 0 Å². The quantitative estimate of drug-likeness (QED) is 0.830. The number of rotatable bonds is 7. The zero-order chi connectivity index (χ0) is 15.3. The third-order valence-electron chi connectivity index (χ3n) is 5.24. The number of benzene rings is 1. The number of hydrogen-bond donors (Lipinski definition) is 1. The van der Waals surface area contributed by atoms with Gasteiger partial charge >= 0.3 is 0 Å². The minimum atomic E-state index is 0.167. The maximum atomic E-state index is 5.62. The largest absolute Gasteiger partial charge is 0.496 e. The molecule has 1 saturated heterocycles. The third-order valence-corrected chi connectivity index (χ3v) is 5.24. The smallest absolute Gasteiger partial charge is 0.123 e. The first-order chi connectivity index (χ1) is 10.2. The summed E-state index contributed by atoms with van der Waals surface area (Å²) >= 11 is 0. The lowest BCUT2D eigenvalue weighted by Crippen LogP contribution is -2.54. The van der Waals surface area contributed by atoms with Gasteiger partial charge in [-0.05, 0) is 51.9 Å². The highest BCUT2D eigenvalue weighted by molar-refractivity contribution is 5.38. The van der Waals surface area contributed by atoms with Crippen LogP contribution in [0, 0.1) is 0 Å². The Hall–Kier alpha value is -1.06. The number of nitrogens with one attached hydrogen (secondary N) is 1. The Morgan fingerprint density at radius 1 is 1.19 bits per heavy atom. The van der Waals surface area contributed by atoms with Crippen molar-refractivity contribution >= 4 is 0 Å². The van der Waals surface area contributed by atoms with E-state index in [4.69, 9.17) is 4.74 Å². The summed E-state index contributed by atoms with van der Waals surface area (Å²) in [5.74, 6) is 0.988. The van der Waals surface area contributed by atoms with Crippen molar-refractivity contribution in [3.8, 4) is 5.75 Å². The van der Waals surface area contributed by atoms with Crippen molar-refractivity contribution < 1.29 is 4.74 Å². The number of likely N-dealkylation sites (N-methyl/N-ethyl adjacent to an activating group) is 1. The molecule has 0 spiro atoms. The topological polar surface area (TPSA) is 24.5 Å². The molecule has 0 amide bonds. The van der Waals surface area contributed by atoms with E-state index in [1.165, 1.54) is 31.5 Å². The molecule has 0 aromatic heterocycles. The Kier molecular flexibility index (Phi) is 5.65. The summed E-state index contributed by atoms with van der Waals surface area (Å²) in [5, 5.41) is 3.59. The summed E-state index contributed by atoms with van der Waals surface area (Å²) in [4.78, 5) is 2.70. The van der Waals surface area contributed by atoms with Gasteiger partial charge in [0.2, 0.25) is 0 Å². The molecule has 1 aromatic rings. The molecular weight excluding hydrogens is 260 g/mol. The van der Waals surface area contributed by atoms with Crippen molar-refractivity contribution in [2.24, 2.45) is 0 Å². The van der Waals surface area contributed by atoms with Crippen LogP contribution in [0.5, 0.6) is 5.75 Å². The van der Waals surface area contributed by atoms with Gasteiger partial charge in [-0.25, -0.2) is 0 Å². The normalized spacial score (nSPS) is 17.9. The Bertz CT molecular complexity index is 437. The highest BCUT2D eigenvalue weighted by Crippen LogP contribution is 2.41. The SMILES string of the molecule is CCC(CC)(C(NC)c1ccccc1OC)N1CCCC1. The average Bonchev–Trinajstić information content (AvgIpc) is 3.07. The highest BCUT2D eigenvalue weighted by atomic mass is 16.5. The summed E-state index contributed by atoms with van der Waals surface area (Å²) in [6.07, 6.45) is 4.94. The van der Waals surface area contributed by atoms with Crippen LogP contribution < -0.4 is 10.1 Å². The van der Waals surface area contributed by atoms with Gasteiger partial charge in [0.05, 0.1) is 13.2 Å². The zero-order valence-electron chi connectivity index (χ0n) is 14.0. The van der Waals surface area contributed by atoms with E-state index >= 15 is 0 Å². The molecule has 0 bridgehead atoms. The molecule has 3 nitrogen and oxygen atoms in total. The number of para-hydroxylation sites is 1. The molecule has 1 unspecified atom stereocenters. The van der Waals surface area contributed by atoms with E-state index in [1.54, 1.807) is 7.11 Å². The molecule has 1 atom stereocenters. The van der Waals surface area contributed by atoms with Crippen LogP contribution in [0.2, 0.25) is 0 Å². The monoisotopic (exact) mass is 290 g/mol. The Labute approximate surface area is 129 Å². The van der Waals surface area contributed by atoms with Crippen molar-refractivity contribution in [3.05, 3.63) is 29.8 Å². The van der Waals surface area contributed by atoms with Crippen molar-refractivity contribution in [2.75, 3.05) is 27.2 Å². The number of likely N-dealkylation sites (tertiary alicyclic amines) is 1. The van der Waals surface area contributed by atoms with E-state index in [0.717, 1.165) is 18.6 Å². The van der Waals surface area contributed by atoms with Crippen LogP contribution in [0.1, 0.15) is 51.1 Å². The summed E-state index contributed by atoms with van der Waals surface area (Å²) in [7, 11) is 3.84. The minimum Gasteiger partial charge on any atom is -0.496 e. The van der Waals surface area contributed by atoms with E-state index in [-0.39, 0.29) is 5.54 Å². The summed E-state index contributed by atoms with van der Waals surface area (Å²) in [5.41, 5.74) is 1.44. The van der Waals surface area contributed by atoms with E-state index < -0.39 is 0 Å². The summed E-state index contributed by atoms with van der Waals surface area (Å²) in [6.45, 7) is 7.08. The van der Waals surface area contributed by atoms with Crippen molar-refractivity contribution in [1.82, 2.24) is 10.2 Å². The van der Waals surface area contributed by atoms with Crippen LogP contribution in [0.3, 0.4) is 0 Å². The Balaban J connectivity index is 2.44. The van der Waals surface area contributed by atoms with Gasteiger partial charge in [-0.3, -0.25) is 4.90 Å². The molecule has 1 fully saturated rings. The van der Waals surface area contributed by atoms with Gasteiger partial charge < -0.3 is 10.1 Å². The zero-order valence-corrected chi connectivity index (χ0v) is 14.0. The fraction of sp³-hybridized carbons (Fsp3) is 0.667. The lowest BCUT2D eigenvalue weighted by Gasteiger charge is -2.47. The van der Waals surface area contributed by atoms with Gasteiger partial charge in [0.1, 0.15) is 5.75 Å². The first kappa shape index (κ1) is 16.3. The number of hydrogen-bond acceptors (Lipinski definition) is 3. The standard InChI is InChI=1S/C18H30N2O/c1-5-18(6-2,20-13-9-10-14-20)17(19-3)15-11-7-8-12-16(15)21-4/h7-8,11-12,17,19H,5-6,9-10,13-14H2,1-4H3. The molecule has 1 N–H and O–H groups in total. The average molecular weight is 290 g/mol. The van der Waals surface area contributed by atoms with Crippen molar-refractivity contribution in [1.29, 1.82) is 0 Å². The van der Waals surface area contributed by atoms with Crippen LogP contribution in [-0.4, -0.2) is 37.7 Å². The highest BCUT2D eigenvalue weighted by Gasteiger charge is 2.43. The molecule has 1 aliphatic rings. The fourth-order valence-electron chi connectivity index (χ4n) is 4.07. The first-order valence-corrected chi connectivity index (χ1v) is 8.28. The van der Waals surface area contributed by atoms with Crippen LogP contribution >= 0.6 is 0 Å². The number of ether oxygens (including phenoxy) is 1. The molecular formula is C18H30N2O. The predicted octanol–water partition coefficient (Wildman–Crippen LogP) is 3.61. The molecule has 1 aliphatic heterocycles. The Morgan fingerprint density at radius 3 is 2.33 bits per heavy atom. The van der Waals surface area contributed by atoms with E-state index in [1.807, 2.05) is 6.07 Å². The van der Waals surface area contributed by atoms with Gasteiger partial charge in [0, 0.05) is 11.1 Å². The number of methoxy groups -OCH3 is 1. The van der Waals surface area contributed by atoms with Crippen molar-refractivity contribution in [3.63, 3.8) is 0 Å².